The van der Waals surface area contributed by atoms with Crippen molar-refractivity contribution in [2.75, 3.05) is 0 Å². The van der Waals surface area contributed by atoms with Gasteiger partial charge in [-0.25, -0.2) is 0 Å². The Hall–Kier alpha value is -2.41. The van der Waals surface area contributed by atoms with Gasteiger partial charge in [0.25, 0.3) is 5.91 Å². The van der Waals surface area contributed by atoms with Crippen molar-refractivity contribution < 1.29 is 4.79 Å². The molecule has 1 N–H and O–H groups in total. The zero-order valence-corrected chi connectivity index (χ0v) is 10.3. The lowest BCUT2D eigenvalue weighted by Gasteiger charge is -2.17. The molecular formula is C14H13N3O. The summed E-state index contributed by atoms with van der Waals surface area (Å²) in [5.41, 5.74) is 0.233. The van der Waals surface area contributed by atoms with Gasteiger partial charge in [0.15, 0.2) is 0 Å². The fourth-order valence-corrected chi connectivity index (χ4v) is 1.67. The monoisotopic (exact) mass is 239 g/mol. The van der Waals surface area contributed by atoms with Gasteiger partial charge in [-0.1, -0.05) is 18.2 Å². The molecule has 4 heteroatoms. The smallest absolute Gasteiger partial charge is 0.254 e. The molecule has 4 nitrogen and oxygen atoms in total. The Labute approximate surface area is 105 Å². The molecule has 0 saturated carbocycles. The van der Waals surface area contributed by atoms with Crippen LogP contribution in [0.2, 0.25) is 0 Å². The number of nitrogens with zero attached hydrogens (tertiary/aromatic N) is 2. The van der Waals surface area contributed by atoms with Crippen LogP contribution in [0.5, 0.6) is 0 Å². The highest BCUT2D eigenvalue weighted by molar-refractivity contribution is 6.05. The van der Waals surface area contributed by atoms with Crippen molar-refractivity contribution in [2.45, 2.75) is 19.4 Å². The zero-order chi connectivity index (χ0) is 13.2. The lowest BCUT2D eigenvalue weighted by atomic mass is 10.1. The van der Waals surface area contributed by atoms with Crippen LogP contribution in [-0.2, 0) is 0 Å². The third-order valence-electron chi connectivity index (χ3n) is 2.58. The number of rotatable bonds is 2. The van der Waals surface area contributed by atoms with E-state index >= 15 is 0 Å². The summed E-state index contributed by atoms with van der Waals surface area (Å²) in [6.45, 7) is 3.31. The van der Waals surface area contributed by atoms with E-state index in [9.17, 15) is 4.79 Å². The fourth-order valence-electron chi connectivity index (χ4n) is 1.67. The summed E-state index contributed by atoms with van der Waals surface area (Å²) < 4.78 is 0. The zero-order valence-electron chi connectivity index (χ0n) is 10.3. The van der Waals surface area contributed by atoms with E-state index in [2.05, 4.69) is 10.3 Å². The largest absolute Gasteiger partial charge is 0.334 e. The maximum atomic E-state index is 12.1. The van der Waals surface area contributed by atoms with Crippen molar-refractivity contribution >= 4 is 16.8 Å². The number of para-hydroxylation sites is 1. The van der Waals surface area contributed by atoms with Crippen LogP contribution in [0.3, 0.4) is 0 Å². The van der Waals surface area contributed by atoms with Crippen molar-refractivity contribution in [1.82, 2.24) is 10.3 Å². The molecule has 2 aromatic rings. The molecule has 0 atom stereocenters. The first-order valence-corrected chi connectivity index (χ1v) is 5.61. The van der Waals surface area contributed by atoms with Crippen LogP contribution in [0.4, 0.5) is 0 Å². The normalized spacial score (nSPS) is 10.9. The first-order valence-electron chi connectivity index (χ1n) is 5.61. The minimum atomic E-state index is -0.895. The van der Waals surface area contributed by atoms with Crippen LogP contribution in [0.15, 0.2) is 36.5 Å². The van der Waals surface area contributed by atoms with Crippen LogP contribution in [0.25, 0.3) is 10.9 Å². The minimum absolute atomic E-state index is 0.286. The fraction of sp³-hybridized carbons (Fsp3) is 0.214. The van der Waals surface area contributed by atoms with Gasteiger partial charge in [0.2, 0.25) is 0 Å². The molecule has 0 fully saturated rings. The molecule has 0 bridgehead atoms. The molecule has 0 unspecified atom stereocenters. The van der Waals surface area contributed by atoms with Gasteiger partial charge in [-0.05, 0) is 26.0 Å². The van der Waals surface area contributed by atoms with Crippen molar-refractivity contribution in [3.8, 4) is 6.07 Å². The van der Waals surface area contributed by atoms with Gasteiger partial charge in [0.05, 0.1) is 17.1 Å². The van der Waals surface area contributed by atoms with E-state index < -0.39 is 5.54 Å². The molecule has 18 heavy (non-hydrogen) atoms. The number of carbonyl (C=O) groups excluding carboxylic acids is 1. The maximum Gasteiger partial charge on any atom is 0.254 e. The summed E-state index contributed by atoms with van der Waals surface area (Å²) in [7, 11) is 0. The van der Waals surface area contributed by atoms with E-state index in [0.29, 0.717) is 11.1 Å². The highest BCUT2D eigenvalue weighted by atomic mass is 16.1. The highest BCUT2D eigenvalue weighted by Crippen LogP contribution is 2.16. The lowest BCUT2D eigenvalue weighted by Crippen LogP contribution is -2.42. The van der Waals surface area contributed by atoms with Crippen LogP contribution >= 0.6 is 0 Å². The molecule has 0 aliphatic carbocycles. The van der Waals surface area contributed by atoms with Gasteiger partial charge >= 0.3 is 0 Å². The number of pyridine rings is 1. The van der Waals surface area contributed by atoms with E-state index in [0.717, 1.165) is 5.39 Å². The van der Waals surface area contributed by atoms with Gasteiger partial charge in [0, 0.05) is 11.6 Å². The summed E-state index contributed by atoms with van der Waals surface area (Å²) in [4.78, 5) is 16.3. The molecule has 90 valence electrons. The Morgan fingerprint density at radius 1 is 1.33 bits per heavy atom. The van der Waals surface area contributed by atoms with Gasteiger partial charge in [-0.2, -0.15) is 5.26 Å². The Bertz CT molecular complexity index is 636. The number of hydrogen-bond acceptors (Lipinski definition) is 3. The number of carbonyl (C=O) groups is 1. The molecule has 0 spiro atoms. The molecule has 2 rings (SSSR count). The number of hydrogen-bond donors (Lipinski definition) is 1. The predicted molar refractivity (Wildman–Crippen MR) is 68.9 cm³/mol. The predicted octanol–water partition coefficient (Wildman–Crippen LogP) is 2.27. The molecule has 1 aromatic heterocycles. The number of nitriles is 1. The Kier molecular flexibility index (Phi) is 2.99. The van der Waals surface area contributed by atoms with Crippen molar-refractivity contribution in [2.24, 2.45) is 0 Å². The Balaban J connectivity index is 2.43. The van der Waals surface area contributed by atoms with Crippen LogP contribution in [-0.4, -0.2) is 16.4 Å². The molecule has 0 aliphatic rings. The van der Waals surface area contributed by atoms with Gasteiger partial charge in [-0.3, -0.25) is 9.78 Å². The van der Waals surface area contributed by atoms with Crippen LogP contribution in [0.1, 0.15) is 24.2 Å². The van der Waals surface area contributed by atoms with Gasteiger partial charge < -0.3 is 5.32 Å². The number of benzene rings is 1. The number of aromatic nitrogens is 1. The third-order valence-corrected chi connectivity index (χ3v) is 2.58. The Morgan fingerprint density at radius 2 is 2.06 bits per heavy atom. The van der Waals surface area contributed by atoms with Gasteiger partial charge in [0.1, 0.15) is 5.54 Å². The molecule has 1 aromatic carbocycles. The van der Waals surface area contributed by atoms with E-state index in [1.165, 1.54) is 0 Å². The summed E-state index contributed by atoms with van der Waals surface area (Å²) >= 11 is 0. The lowest BCUT2D eigenvalue weighted by molar-refractivity contribution is 0.0931. The Morgan fingerprint density at radius 3 is 2.78 bits per heavy atom. The van der Waals surface area contributed by atoms with Crippen molar-refractivity contribution in [3.05, 3.63) is 42.1 Å². The summed E-state index contributed by atoms with van der Waals surface area (Å²) in [6, 6.07) is 11.2. The SMILES string of the molecule is CC(C)(C#N)NC(=O)c1cccc2cccnc12. The van der Waals surface area contributed by atoms with Crippen molar-refractivity contribution in [3.63, 3.8) is 0 Å². The second-order valence-electron chi connectivity index (χ2n) is 4.57. The minimum Gasteiger partial charge on any atom is -0.334 e. The molecular weight excluding hydrogens is 226 g/mol. The second-order valence-corrected chi connectivity index (χ2v) is 4.57. The van der Waals surface area contributed by atoms with E-state index in [4.69, 9.17) is 5.26 Å². The highest BCUT2D eigenvalue weighted by Gasteiger charge is 2.21. The summed E-state index contributed by atoms with van der Waals surface area (Å²) in [5.74, 6) is -0.286. The maximum absolute atomic E-state index is 12.1. The average Bonchev–Trinajstić information content (AvgIpc) is 2.37. The first-order chi connectivity index (χ1) is 8.53. The molecule has 1 heterocycles. The summed E-state index contributed by atoms with van der Waals surface area (Å²) in [6.07, 6.45) is 1.65. The first kappa shape index (κ1) is 12.1. The quantitative estimate of drug-likeness (QED) is 0.874. The topological polar surface area (TPSA) is 65.8 Å². The number of nitrogens with one attached hydrogen (secondary N) is 1. The third kappa shape index (κ3) is 2.30. The van der Waals surface area contributed by atoms with Crippen LogP contribution < -0.4 is 5.32 Å². The number of fused-ring (bicyclic) bond motifs is 1. The molecule has 0 radical (unpaired) electrons. The second kappa shape index (κ2) is 4.46. The van der Waals surface area contributed by atoms with Crippen LogP contribution in [0, 0.1) is 11.3 Å². The van der Waals surface area contributed by atoms with Gasteiger partial charge in [-0.15, -0.1) is 0 Å². The summed E-state index contributed by atoms with van der Waals surface area (Å²) in [5, 5.41) is 12.5. The van der Waals surface area contributed by atoms with E-state index in [1.54, 1.807) is 32.2 Å². The average molecular weight is 239 g/mol. The number of amides is 1. The van der Waals surface area contributed by atoms with E-state index in [1.807, 2.05) is 24.3 Å². The molecule has 0 aliphatic heterocycles. The van der Waals surface area contributed by atoms with E-state index in [-0.39, 0.29) is 5.91 Å². The molecule has 0 saturated heterocycles. The van der Waals surface area contributed by atoms with Crippen molar-refractivity contribution in [1.29, 1.82) is 5.26 Å². The molecule has 1 amide bonds. The standard InChI is InChI=1S/C14H13N3O/c1-14(2,9-15)17-13(18)11-7-3-5-10-6-4-8-16-12(10)11/h3-8H,1-2H3,(H,17,18).